The zero-order chi connectivity index (χ0) is 20.1. The number of anilines is 1. The quantitative estimate of drug-likeness (QED) is 0.545. The lowest BCUT2D eigenvalue weighted by Gasteiger charge is -2.33. The largest absolute Gasteiger partial charge is 0.343 e. The van der Waals surface area contributed by atoms with E-state index in [2.05, 4.69) is 5.32 Å². The van der Waals surface area contributed by atoms with Crippen molar-refractivity contribution in [2.75, 3.05) is 5.32 Å². The Morgan fingerprint density at radius 2 is 1.86 bits per heavy atom. The number of rotatable bonds is 2. The maximum absolute atomic E-state index is 13.0. The molecule has 5 rings (SSSR count). The summed E-state index contributed by atoms with van der Waals surface area (Å²) >= 11 is 12.5. The van der Waals surface area contributed by atoms with Crippen LogP contribution in [0.25, 0.3) is 5.69 Å². The average molecular weight is 424 g/mol. The van der Waals surface area contributed by atoms with Crippen LogP contribution in [0.3, 0.4) is 0 Å². The summed E-state index contributed by atoms with van der Waals surface area (Å²) in [5, 5.41) is 9.36. The minimum atomic E-state index is -0.207. The fourth-order valence-corrected chi connectivity index (χ4v) is 4.71. The molecular weight excluding hydrogens is 405 g/mol. The average Bonchev–Trinajstić information content (AvgIpc) is 3.06. The number of aryl methyl sites for hydroxylation is 1. The van der Waals surface area contributed by atoms with Gasteiger partial charge < -0.3 is 5.32 Å². The zero-order valence-corrected chi connectivity index (χ0v) is 17.4. The SMILES string of the molecule is Cc1nn(-c2ccccc2)c2c1[C@@H](c1ccc(Cl)c(Cl)c1)C1=C(CCCC1=O)N2. The molecule has 2 aromatic carbocycles. The van der Waals surface area contributed by atoms with Crippen LogP contribution in [0, 0.1) is 6.92 Å². The molecule has 1 aliphatic carbocycles. The van der Waals surface area contributed by atoms with Gasteiger partial charge in [0.2, 0.25) is 0 Å². The van der Waals surface area contributed by atoms with Gasteiger partial charge in [0.05, 0.1) is 21.4 Å². The van der Waals surface area contributed by atoms with Crippen molar-refractivity contribution in [1.29, 1.82) is 0 Å². The highest BCUT2D eigenvalue weighted by molar-refractivity contribution is 6.42. The Labute approximate surface area is 179 Å². The van der Waals surface area contributed by atoms with Crippen LogP contribution >= 0.6 is 23.2 Å². The molecule has 4 nitrogen and oxygen atoms in total. The number of carbonyl (C=O) groups is 1. The molecule has 0 bridgehead atoms. The molecule has 2 aliphatic rings. The molecule has 1 aliphatic heterocycles. The number of nitrogens with zero attached hydrogens (tertiary/aromatic N) is 2. The van der Waals surface area contributed by atoms with Crippen molar-refractivity contribution in [3.8, 4) is 5.69 Å². The van der Waals surface area contributed by atoms with Gasteiger partial charge in [0.1, 0.15) is 5.82 Å². The number of benzene rings is 2. The highest BCUT2D eigenvalue weighted by atomic mass is 35.5. The Kier molecular flexibility index (Phi) is 4.49. The van der Waals surface area contributed by atoms with Gasteiger partial charge >= 0.3 is 0 Å². The summed E-state index contributed by atoms with van der Waals surface area (Å²) in [5.41, 5.74) is 5.65. The third-order valence-electron chi connectivity index (χ3n) is 5.69. The molecule has 1 atom stereocenters. The summed E-state index contributed by atoms with van der Waals surface area (Å²) < 4.78 is 1.93. The number of aromatic nitrogens is 2. The number of fused-ring (bicyclic) bond motifs is 1. The van der Waals surface area contributed by atoms with Crippen LogP contribution in [0.1, 0.15) is 42.0 Å². The third kappa shape index (κ3) is 2.98. The third-order valence-corrected chi connectivity index (χ3v) is 6.43. The summed E-state index contributed by atoms with van der Waals surface area (Å²) in [6.07, 6.45) is 2.27. The van der Waals surface area contributed by atoms with Gasteiger partial charge in [-0.2, -0.15) is 5.10 Å². The summed E-state index contributed by atoms with van der Waals surface area (Å²) in [7, 11) is 0. The number of carbonyl (C=O) groups excluding carboxylic acids is 1. The van der Waals surface area contributed by atoms with Gasteiger partial charge in [-0.3, -0.25) is 4.79 Å². The van der Waals surface area contributed by atoms with E-state index in [4.69, 9.17) is 28.3 Å². The number of para-hydroxylation sites is 1. The number of Topliss-reactive ketones (excluding diaryl/α,β-unsaturated/α-hetero) is 1. The molecule has 0 spiro atoms. The molecule has 0 amide bonds. The number of halogens is 2. The normalized spacial score (nSPS) is 18.3. The highest BCUT2D eigenvalue weighted by Crippen LogP contribution is 2.47. The van der Waals surface area contributed by atoms with Crippen LogP contribution in [-0.2, 0) is 4.79 Å². The van der Waals surface area contributed by atoms with Gasteiger partial charge in [-0.15, -0.1) is 0 Å². The Morgan fingerprint density at radius 1 is 1.07 bits per heavy atom. The second-order valence-electron chi connectivity index (χ2n) is 7.50. The lowest BCUT2D eigenvalue weighted by Crippen LogP contribution is -2.27. The fourth-order valence-electron chi connectivity index (χ4n) is 4.40. The van der Waals surface area contributed by atoms with Gasteiger partial charge in [0, 0.05) is 29.2 Å². The molecule has 1 aromatic heterocycles. The van der Waals surface area contributed by atoms with E-state index in [1.54, 1.807) is 6.07 Å². The molecule has 146 valence electrons. The number of hydrogen-bond donors (Lipinski definition) is 1. The first-order valence-corrected chi connectivity index (χ1v) is 10.4. The van der Waals surface area contributed by atoms with E-state index in [9.17, 15) is 4.79 Å². The van der Waals surface area contributed by atoms with E-state index in [0.29, 0.717) is 16.5 Å². The Balaban J connectivity index is 1.76. The van der Waals surface area contributed by atoms with Crippen LogP contribution in [0.5, 0.6) is 0 Å². The van der Waals surface area contributed by atoms with E-state index < -0.39 is 0 Å². The first kappa shape index (κ1) is 18.5. The van der Waals surface area contributed by atoms with Crippen LogP contribution in [0.4, 0.5) is 5.82 Å². The first-order valence-electron chi connectivity index (χ1n) is 9.67. The Hall–Kier alpha value is -2.56. The maximum atomic E-state index is 13.0. The standard InChI is InChI=1S/C23H19Cl2N3O/c1-13-20-21(14-10-11-16(24)17(25)12-14)22-18(8-5-9-19(22)29)26-23(20)28(27-13)15-6-3-2-4-7-15/h2-4,6-7,10-12,21,26H,5,8-9H2,1H3/t21-/m1/s1. The second-order valence-corrected chi connectivity index (χ2v) is 8.31. The van der Waals surface area contributed by atoms with Gasteiger partial charge in [-0.1, -0.05) is 47.5 Å². The molecule has 0 fully saturated rings. The minimum Gasteiger partial charge on any atom is -0.343 e. The van der Waals surface area contributed by atoms with Crippen LogP contribution < -0.4 is 5.32 Å². The summed E-state index contributed by atoms with van der Waals surface area (Å²) in [5.74, 6) is 0.895. The molecule has 6 heteroatoms. The lowest BCUT2D eigenvalue weighted by atomic mass is 9.76. The van der Waals surface area contributed by atoms with Crippen LogP contribution in [0.2, 0.25) is 10.0 Å². The van der Waals surface area contributed by atoms with E-state index in [-0.39, 0.29) is 11.7 Å². The molecule has 0 saturated heterocycles. The van der Waals surface area contributed by atoms with Crippen molar-refractivity contribution in [3.63, 3.8) is 0 Å². The van der Waals surface area contributed by atoms with Crippen molar-refractivity contribution in [2.45, 2.75) is 32.1 Å². The molecule has 3 aromatic rings. The molecule has 0 radical (unpaired) electrons. The van der Waals surface area contributed by atoms with Crippen molar-refractivity contribution in [3.05, 3.63) is 86.7 Å². The highest BCUT2D eigenvalue weighted by Gasteiger charge is 2.38. The van der Waals surface area contributed by atoms with Crippen molar-refractivity contribution in [1.82, 2.24) is 9.78 Å². The van der Waals surface area contributed by atoms with Crippen molar-refractivity contribution >= 4 is 34.8 Å². The minimum absolute atomic E-state index is 0.187. The molecule has 0 unspecified atom stereocenters. The fraction of sp³-hybridized carbons (Fsp3) is 0.217. The van der Waals surface area contributed by atoms with E-state index in [1.807, 2.05) is 54.1 Å². The summed E-state index contributed by atoms with van der Waals surface area (Å²) in [6.45, 7) is 1.99. The first-order chi connectivity index (χ1) is 14.0. The second kappa shape index (κ2) is 7.05. The summed E-state index contributed by atoms with van der Waals surface area (Å²) in [6, 6.07) is 15.6. The number of ketones is 1. The molecule has 1 N–H and O–H groups in total. The predicted octanol–water partition coefficient (Wildman–Crippen LogP) is 6.05. The van der Waals surface area contributed by atoms with Gasteiger partial charge in [0.25, 0.3) is 0 Å². The molecular formula is C23H19Cl2N3O. The smallest absolute Gasteiger partial charge is 0.161 e. The van der Waals surface area contributed by atoms with Gasteiger partial charge in [-0.05, 0) is 49.6 Å². The Morgan fingerprint density at radius 3 is 2.62 bits per heavy atom. The van der Waals surface area contributed by atoms with E-state index in [0.717, 1.165) is 52.4 Å². The van der Waals surface area contributed by atoms with Gasteiger partial charge in [0.15, 0.2) is 5.78 Å². The molecule has 2 heterocycles. The lowest BCUT2D eigenvalue weighted by molar-refractivity contribution is -0.116. The monoisotopic (exact) mass is 423 g/mol. The zero-order valence-electron chi connectivity index (χ0n) is 15.9. The van der Waals surface area contributed by atoms with Crippen molar-refractivity contribution in [2.24, 2.45) is 0 Å². The van der Waals surface area contributed by atoms with Crippen LogP contribution in [0.15, 0.2) is 59.8 Å². The van der Waals surface area contributed by atoms with Crippen molar-refractivity contribution < 1.29 is 4.79 Å². The maximum Gasteiger partial charge on any atom is 0.161 e. The molecule has 29 heavy (non-hydrogen) atoms. The number of allylic oxidation sites excluding steroid dienone is 2. The van der Waals surface area contributed by atoms with Gasteiger partial charge in [-0.25, -0.2) is 4.68 Å². The summed E-state index contributed by atoms with van der Waals surface area (Å²) in [4.78, 5) is 13.0. The predicted molar refractivity (Wildman–Crippen MR) is 116 cm³/mol. The molecule has 0 saturated carbocycles. The number of hydrogen-bond acceptors (Lipinski definition) is 3. The van der Waals surface area contributed by atoms with E-state index >= 15 is 0 Å². The Bertz CT molecular complexity index is 1160. The van der Waals surface area contributed by atoms with Crippen LogP contribution in [-0.4, -0.2) is 15.6 Å². The number of nitrogens with one attached hydrogen (secondary N) is 1. The topological polar surface area (TPSA) is 46.9 Å². The van der Waals surface area contributed by atoms with E-state index in [1.165, 1.54) is 0 Å².